The van der Waals surface area contributed by atoms with Gasteiger partial charge in [0.2, 0.25) is 5.89 Å². The van der Waals surface area contributed by atoms with E-state index in [2.05, 4.69) is 15.0 Å². The lowest BCUT2D eigenvalue weighted by Gasteiger charge is -2.09. The molecular weight excluding hydrogens is 474 g/mol. The van der Waals surface area contributed by atoms with Crippen LogP contribution in [0.5, 0.6) is 5.75 Å². The van der Waals surface area contributed by atoms with Gasteiger partial charge in [0.1, 0.15) is 41.5 Å². The lowest BCUT2D eigenvalue weighted by atomic mass is 10.1. The van der Waals surface area contributed by atoms with Crippen LogP contribution < -0.4 is 4.74 Å². The highest BCUT2D eigenvalue weighted by Gasteiger charge is 2.38. The van der Waals surface area contributed by atoms with Gasteiger partial charge in [-0.05, 0) is 55.2 Å². The summed E-state index contributed by atoms with van der Waals surface area (Å²) in [5.74, 6) is -0.0371. The minimum Gasteiger partial charge on any atom is -0.487 e. The van der Waals surface area contributed by atoms with Crippen LogP contribution in [0.4, 0.5) is 17.6 Å². The van der Waals surface area contributed by atoms with Crippen molar-refractivity contribution >= 4 is 11.6 Å². The van der Waals surface area contributed by atoms with Crippen LogP contribution in [0.15, 0.2) is 77.7 Å². The number of aryl methyl sites for hydroxylation is 2. The van der Waals surface area contributed by atoms with Crippen molar-refractivity contribution in [3.05, 3.63) is 108 Å². The van der Waals surface area contributed by atoms with Crippen LogP contribution in [0.2, 0.25) is 0 Å². The Kier molecular flexibility index (Phi) is 8.10. The summed E-state index contributed by atoms with van der Waals surface area (Å²) in [4.78, 5) is 12.3. The van der Waals surface area contributed by atoms with E-state index in [-0.39, 0.29) is 17.9 Å². The summed E-state index contributed by atoms with van der Waals surface area (Å²) in [6, 6.07) is 14.5. The number of unbranched alkanes of at least 4 members (excludes halogenated alkanes) is 1. The van der Waals surface area contributed by atoms with Crippen LogP contribution in [0.1, 0.15) is 41.4 Å². The zero-order valence-electron chi connectivity index (χ0n) is 19.2. The first-order valence-corrected chi connectivity index (χ1v) is 11.3. The lowest BCUT2D eigenvalue weighted by Crippen LogP contribution is -2.11. The van der Waals surface area contributed by atoms with E-state index in [0.29, 0.717) is 11.8 Å². The van der Waals surface area contributed by atoms with Gasteiger partial charge in [0.25, 0.3) is 0 Å². The molecule has 186 valence electrons. The molecule has 36 heavy (non-hydrogen) atoms. The van der Waals surface area contributed by atoms with Gasteiger partial charge in [0.15, 0.2) is 0 Å². The fraction of sp³-hybridized carbons (Fsp3) is 0.222. The summed E-state index contributed by atoms with van der Waals surface area (Å²) in [6.45, 7) is -0.0786. The average Bonchev–Trinajstić information content (AvgIpc) is 3.34. The number of benzene rings is 2. The molecule has 0 bridgehead atoms. The molecule has 0 fully saturated rings. The first kappa shape index (κ1) is 25.1. The normalized spacial score (nSPS) is 12.1. The molecule has 0 N–H and O–H groups in total. The van der Waals surface area contributed by atoms with Gasteiger partial charge in [-0.25, -0.2) is 19.3 Å². The molecular formula is C27H23F4N3O2. The largest absolute Gasteiger partial charge is 0.487 e. The van der Waals surface area contributed by atoms with E-state index in [4.69, 9.17) is 9.15 Å². The quantitative estimate of drug-likeness (QED) is 0.177. The Labute approximate surface area is 205 Å². The van der Waals surface area contributed by atoms with Crippen molar-refractivity contribution in [2.45, 2.75) is 38.5 Å². The number of hydrogen-bond donors (Lipinski definition) is 0. The molecule has 4 aromatic rings. The molecule has 0 radical (unpaired) electrons. The number of halogens is 4. The Morgan fingerprint density at radius 3 is 2.36 bits per heavy atom. The summed E-state index contributed by atoms with van der Waals surface area (Å²) in [5, 5.41) is 0. The molecule has 0 aliphatic rings. The van der Waals surface area contributed by atoms with Gasteiger partial charge in [-0.1, -0.05) is 30.3 Å². The highest BCUT2D eigenvalue weighted by atomic mass is 19.4. The van der Waals surface area contributed by atoms with E-state index in [9.17, 15) is 17.6 Å². The predicted octanol–water partition coefficient (Wildman–Crippen LogP) is 6.85. The van der Waals surface area contributed by atoms with Gasteiger partial charge < -0.3 is 9.15 Å². The van der Waals surface area contributed by atoms with Crippen molar-refractivity contribution in [3.8, 4) is 5.75 Å². The number of hydrogen-bond acceptors (Lipinski definition) is 5. The molecule has 5 nitrogen and oxygen atoms in total. The second kappa shape index (κ2) is 11.6. The second-order valence-corrected chi connectivity index (χ2v) is 8.03. The predicted molar refractivity (Wildman–Crippen MR) is 126 cm³/mol. The van der Waals surface area contributed by atoms with Gasteiger partial charge in [0.05, 0.1) is 0 Å². The van der Waals surface area contributed by atoms with Crippen LogP contribution in [-0.2, 0) is 19.4 Å². The summed E-state index contributed by atoms with van der Waals surface area (Å²) < 4.78 is 65.3. The number of alkyl halides is 3. The maximum absolute atomic E-state index is 13.9. The molecule has 0 saturated carbocycles. The van der Waals surface area contributed by atoms with Crippen molar-refractivity contribution in [2.24, 2.45) is 0 Å². The Morgan fingerprint density at radius 2 is 1.64 bits per heavy atom. The van der Waals surface area contributed by atoms with Crippen molar-refractivity contribution in [3.63, 3.8) is 0 Å². The van der Waals surface area contributed by atoms with Crippen molar-refractivity contribution in [2.75, 3.05) is 0 Å². The highest BCUT2D eigenvalue weighted by Crippen LogP contribution is 2.35. The standard InChI is InChI=1S/C27H23F4N3O2/c28-24-8-3-2-7-20(24)16-23(27(29,30)31)26-34-21(18-36-26)17-35-22-12-10-19(11-13-22)6-1-4-9-25-32-14-5-15-33-25/h2-3,5,7-8,10-16,18H,1,4,6,9,17H2/b23-16+. The van der Waals surface area contributed by atoms with Gasteiger partial charge in [0, 0.05) is 24.4 Å². The number of nitrogens with zero attached hydrogens (tertiary/aromatic N) is 3. The Bertz CT molecular complexity index is 1290. The average molecular weight is 497 g/mol. The molecule has 2 aromatic carbocycles. The van der Waals surface area contributed by atoms with Crippen LogP contribution >= 0.6 is 0 Å². The van der Waals surface area contributed by atoms with Crippen LogP contribution in [0, 0.1) is 5.82 Å². The van der Waals surface area contributed by atoms with E-state index in [0.717, 1.165) is 49.4 Å². The number of rotatable bonds is 10. The van der Waals surface area contributed by atoms with Gasteiger partial charge >= 0.3 is 6.18 Å². The van der Waals surface area contributed by atoms with Crippen LogP contribution in [0.3, 0.4) is 0 Å². The fourth-order valence-corrected chi connectivity index (χ4v) is 3.49. The maximum atomic E-state index is 13.9. The summed E-state index contributed by atoms with van der Waals surface area (Å²) in [6.07, 6.45) is 4.15. The molecule has 4 rings (SSSR count). The lowest BCUT2D eigenvalue weighted by molar-refractivity contribution is -0.0697. The molecule has 0 saturated heterocycles. The number of aromatic nitrogens is 3. The van der Waals surface area contributed by atoms with E-state index in [1.165, 1.54) is 18.2 Å². The number of ether oxygens (including phenoxy) is 1. The molecule has 0 aliphatic heterocycles. The second-order valence-electron chi connectivity index (χ2n) is 8.03. The third-order valence-electron chi connectivity index (χ3n) is 5.34. The molecule has 0 amide bonds. The van der Waals surface area contributed by atoms with Crippen LogP contribution in [-0.4, -0.2) is 21.1 Å². The first-order chi connectivity index (χ1) is 17.4. The topological polar surface area (TPSA) is 61.0 Å². The van der Waals surface area contributed by atoms with Gasteiger partial charge in [-0.15, -0.1) is 0 Å². The maximum Gasteiger partial charge on any atom is 0.421 e. The molecule has 9 heteroatoms. The zero-order chi connectivity index (χ0) is 25.4. The number of allylic oxidation sites excluding steroid dienone is 1. The monoisotopic (exact) mass is 497 g/mol. The van der Waals surface area contributed by atoms with Crippen LogP contribution in [0.25, 0.3) is 11.6 Å². The number of oxazole rings is 1. The Balaban J connectivity index is 1.32. The van der Waals surface area contributed by atoms with Crippen molar-refractivity contribution < 1.29 is 26.7 Å². The molecule has 2 heterocycles. The molecule has 0 aliphatic carbocycles. The first-order valence-electron chi connectivity index (χ1n) is 11.3. The zero-order valence-corrected chi connectivity index (χ0v) is 19.2. The van der Waals surface area contributed by atoms with E-state index in [1.54, 1.807) is 30.6 Å². The Hall–Kier alpha value is -4.01. The van der Waals surface area contributed by atoms with E-state index < -0.39 is 23.5 Å². The summed E-state index contributed by atoms with van der Waals surface area (Å²) in [5.41, 5.74) is -0.0645. The van der Waals surface area contributed by atoms with E-state index in [1.807, 2.05) is 12.1 Å². The third kappa shape index (κ3) is 7.00. The third-order valence-corrected chi connectivity index (χ3v) is 5.34. The molecule has 0 unspecified atom stereocenters. The smallest absolute Gasteiger partial charge is 0.421 e. The van der Waals surface area contributed by atoms with Gasteiger partial charge in [-0.3, -0.25) is 0 Å². The molecule has 2 aromatic heterocycles. The van der Waals surface area contributed by atoms with E-state index >= 15 is 0 Å². The van der Waals surface area contributed by atoms with Crippen molar-refractivity contribution in [1.82, 2.24) is 15.0 Å². The summed E-state index contributed by atoms with van der Waals surface area (Å²) >= 11 is 0. The van der Waals surface area contributed by atoms with Gasteiger partial charge in [-0.2, -0.15) is 13.2 Å². The minimum atomic E-state index is -4.78. The molecule has 0 spiro atoms. The Morgan fingerprint density at radius 1 is 0.917 bits per heavy atom. The highest BCUT2D eigenvalue weighted by molar-refractivity contribution is 5.81. The van der Waals surface area contributed by atoms with Crippen molar-refractivity contribution in [1.29, 1.82) is 0 Å². The molecule has 0 atom stereocenters. The SMILES string of the molecule is Fc1ccccc1/C=C(\c1nc(COc2ccc(CCCCc3ncccn3)cc2)co1)C(F)(F)F. The fourth-order valence-electron chi connectivity index (χ4n) is 3.49. The summed E-state index contributed by atoms with van der Waals surface area (Å²) in [7, 11) is 0. The minimum absolute atomic E-state index is 0.0786.